The van der Waals surface area contributed by atoms with E-state index in [1.165, 1.54) is 35.3 Å². The van der Waals surface area contributed by atoms with Crippen molar-refractivity contribution in [3.05, 3.63) is 56.2 Å². The van der Waals surface area contributed by atoms with Crippen LogP contribution < -0.4 is 5.73 Å². The number of hydrogen-bond acceptors (Lipinski definition) is 2. The van der Waals surface area contributed by atoms with Crippen LogP contribution in [0.3, 0.4) is 0 Å². The van der Waals surface area contributed by atoms with Crippen molar-refractivity contribution in [1.29, 1.82) is 0 Å². The Hall–Kier alpha value is -0.640. The van der Waals surface area contributed by atoms with E-state index in [1.54, 1.807) is 11.3 Å². The quantitative estimate of drug-likeness (QED) is 0.861. The number of benzene rings is 1. The van der Waals surface area contributed by atoms with Crippen molar-refractivity contribution >= 4 is 27.3 Å². The fraction of sp³-hybridized carbons (Fsp3) is 0.333. The summed E-state index contributed by atoms with van der Waals surface area (Å²) in [6.45, 7) is 0. The molecule has 1 unspecified atom stereocenters. The molecular weight excluding hydrogens is 306 g/mol. The highest BCUT2D eigenvalue weighted by Crippen LogP contribution is 2.41. The molecule has 1 aliphatic carbocycles. The molecule has 18 heavy (non-hydrogen) atoms. The summed E-state index contributed by atoms with van der Waals surface area (Å²) in [6, 6.07) is 10.7. The Kier molecular flexibility index (Phi) is 3.55. The SMILES string of the molecule is NC(c1ccccc1C1CCC1)c1sccc1Br. The summed E-state index contributed by atoms with van der Waals surface area (Å²) in [6.07, 6.45) is 3.99. The van der Waals surface area contributed by atoms with E-state index < -0.39 is 0 Å². The van der Waals surface area contributed by atoms with Crippen LogP contribution in [0.4, 0.5) is 0 Å². The molecular formula is C15H16BrNS. The summed E-state index contributed by atoms with van der Waals surface area (Å²) in [7, 11) is 0. The zero-order valence-electron chi connectivity index (χ0n) is 10.1. The van der Waals surface area contributed by atoms with Gasteiger partial charge in [-0.05, 0) is 57.3 Å². The van der Waals surface area contributed by atoms with Crippen molar-refractivity contribution in [2.75, 3.05) is 0 Å². The summed E-state index contributed by atoms with van der Waals surface area (Å²) in [5.74, 6) is 0.728. The highest BCUT2D eigenvalue weighted by molar-refractivity contribution is 9.10. The van der Waals surface area contributed by atoms with E-state index in [9.17, 15) is 0 Å². The Labute approximate surface area is 120 Å². The number of halogens is 1. The van der Waals surface area contributed by atoms with E-state index in [0.29, 0.717) is 0 Å². The minimum absolute atomic E-state index is 0.00354. The van der Waals surface area contributed by atoms with Crippen molar-refractivity contribution in [2.24, 2.45) is 5.73 Å². The summed E-state index contributed by atoms with van der Waals surface area (Å²) in [4.78, 5) is 1.22. The van der Waals surface area contributed by atoms with E-state index in [4.69, 9.17) is 5.73 Å². The fourth-order valence-electron chi connectivity index (χ4n) is 2.55. The van der Waals surface area contributed by atoms with Crippen LogP contribution in [-0.2, 0) is 0 Å². The lowest BCUT2D eigenvalue weighted by molar-refractivity contribution is 0.416. The first-order valence-electron chi connectivity index (χ1n) is 6.34. The number of nitrogens with two attached hydrogens (primary N) is 1. The maximum Gasteiger partial charge on any atom is 0.0660 e. The largest absolute Gasteiger partial charge is 0.320 e. The third kappa shape index (κ3) is 2.15. The molecule has 1 heterocycles. The van der Waals surface area contributed by atoms with Crippen molar-refractivity contribution in [1.82, 2.24) is 0 Å². The van der Waals surface area contributed by atoms with Gasteiger partial charge in [0.25, 0.3) is 0 Å². The van der Waals surface area contributed by atoms with Crippen LogP contribution in [0.1, 0.15) is 47.2 Å². The molecule has 3 heteroatoms. The Balaban J connectivity index is 1.98. The molecule has 2 N–H and O–H groups in total. The van der Waals surface area contributed by atoms with Crippen LogP contribution >= 0.6 is 27.3 Å². The zero-order chi connectivity index (χ0) is 12.5. The molecule has 2 aromatic rings. The first kappa shape index (κ1) is 12.4. The highest BCUT2D eigenvalue weighted by atomic mass is 79.9. The molecule has 94 valence electrons. The second-order valence-corrected chi connectivity index (χ2v) is 6.67. The highest BCUT2D eigenvalue weighted by Gasteiger charge is 2.25. The van der Waals surface area contributed by atoms with Crippen molar-refractivity contribution in [3.63, 3.8) is 0 Å². The molecule has 0 radical (unpaired) electrons. The molecule has 3 rings (SSSR count). The van der Waals surface area contributed by atoms with Crippen LogP contribution in [0.2, 0.25) is 0 Å². The summed E-state index contributed by atoms with van der Waals surface area (Å²) < 4.78 is 1.13. The smallest absolute Gasteiger partial charge is 0.0660 e. The molecule has 0 spiro atoms. The molecule has 0 amide bonds. The van der Waals surface area contributed by atoms with Gasteiger partial charge in [-0.25, -0.2) is 0 Å². The van der Waals surface area contributed by atoms with Crippen LogP contribution in [0, 0.1) is 0 Å². The monoisotopic (exact) mass is 321 g/mol. The van der Waals surface area contributed by atoms with E-state index in [2.05, 4.69) is 51.6 Å². The Morgan fingerprint density at radius 3 is 2.61 bits per heavy atom. The Bertz CT molecular complexity index is 545. The molecule has 0 saturated heterocycles. The molecule has 1 atom stereocenters. The van der Waals surface area contributed by atoms with E-state index in [-0.39, 0.29) is 6.04 Å². The minimum Gasteiger partial charge on any atom is -0.320 e. The normalized spacial score (nSPS) is 17.4. The third-order valence-electron chi connectivity index (χ3n) is 3.80. The van der Waals surface area contributed by atoms with Gasteiger partial charge in [-0.15, -0.1) is 11.3 Å². The first-order chi connectivity index (χ1) is 8.77. The Morgan fingerprint density at radius 1 is 1.22 bits per heavy atom. The Morgan fingerprint density at radius 2 is 2.00 bits per heavy atom. The summed E-state index contributed by atoms with van der Waals surface area (Å²) >= 11 is 5.31. The second-order valence-electron chi connectivity index (χ2n) is 4.87. The number of thiophene rings is 1. The van der Waals surface area contributed by atoms with Gasteiger partial charge in [0.2, 0.25) is 0 Å². The van der Waals surface area contributed by atoms with Gasteiger partial charge in [0.15, 0.2) is 0 Å². The lowest BCUT2D eigenvalue weighted by Crippen LogP contribution is -2.17. The van der Waals surface area contributed by atoms with Gasteiger partial charge >= 0.3 is 0 Å². The van der Waals surface area contributed by atoms with Gasteiger partial charge in [-0.3, -0.25) is 0 Å². The predicted molar refractivity (Wildman–Crippen MR) is 81.1 cm³/mol. The molecule has 0 aliphatic heterocycles. The van der Waals surface area contributed by atoms with Crippen LogP contribution in [0.15, 0.2) is 40.2 Å². The van der Waals surface area contributed by atoms with Gasteiger partial charge < -0.3 is 5.73 Å². The van der Waals surface area contributed by atoms with Crippen molar-refractivity contribution in [3.8, 4) is 0 Å². The van der Waals surface area contributed by atoms with E-state index >= 15 is 0 Å². The average Bonchev–Trinajstić information content (AvgIpc) is 2.73. The number of rotatable bonds is 3. The maximum atomic E-state index is 6.46. The fourth-order valence-corrected chi connectivity index (χ4v) is 4.19. The molecule has 1 aliphatic rings. The number of hydrogen-bond donors (Lipinski definition) is 1. The summed E-state index contributed by atoms with van der Waals surface area (Å²) in [5, 5.41) is 2.09. The van der Waals surface area contributed by atoms with Crippen molar-refractivity contribution < 1.29 is 0 Å². The van der Waals surface area contributed by atoms with Gasteiger partial charge in [0, 0.05) is 9.35 Å². The summed E-state index contributed by atoms with van der Waals surface area (Å²) in [5.41, 5.74) is 9.21. The molecule has 1 fully saturated rings. The maximum absolute atomic E-state index is 6.46. The minimum atomic E-state index is -0.00354. The molecule has 1 nitrogen and oxygen atoms in total. The molecule has 1 saturated carbocycles. The average molecular weight is 322 g/mol. The standard InChI is InChI=1S/C15H16BrNS/c16-13-8-9-18-15(13)14(17)12-7-2-1-6-11(12)10-4-3-5-10/h1-2,6-10,14H,3-5,17H2. The van der Waals surface area contributed by atoms with Gasteiger partial charge in [0.05, 0.1) is 6.04 Å². The van der Waals surface area contributed by atoms with Gasteiger partial charge in [-0.2, -0.15) is 0 Å². The van der Waals surface area contributed by atoms with Crippen LogP contribution in [-0.4, -0.2) is 0 Å². The third-order valence-corrected chi connectivity index (χ3v) is 5.76. The first-order valence-corrected chi connectivity index (χ1v) is 8.02. The molecule has 1 aromatic carbocycles. The van der Waals surface area contributed by atoms with Gasteiger partial charge in [-0.1, -0.05) is 30.7 Å². The lowest BCUT2D eigenvalue weighted by atomic mass is 9.77. The molecule has 0 bridgehead atoms. The lowest BCUT2D eigenvalue weighted by Gasteiger charge is -2.29. The van der Waals surface area contributed by atoms with Crippen LogP contribution in [0.25, 0.3) is 0 Å². The van der Waals surface area contributed by atoms with Crippen LogP contribution in [0.5, 0.6) is 0 Å². The second kappa shape index (κ2) is 5.16. The van der Waals surface area contributed by atoms with E-state index in [1.807, 2.05) is 0 Å². The van der Waals surface area contributed by atoms with Crippen molar-refractivity contribution in [2.45, 2.75) is 31.2 Å². The predicted octanol–water partition coefficient (Wildman–Crippen LogP) is 4.83. The zero-order valence-corrected chi connectivity index (χ0v) is 12.5. The molecule has 1 aromatic heterocycles. The topological polar surface area (TPSA) is 26.0 Å². The van der Waals surface area contributed by atoms with E-state index in [0.717, 1.165) is 10.4 Å². The van der Waals surface area contributed by atoms with Gasteiger partial charge in [0.1, 0.15) is 0 Å².